The number of methoxy groups -OCH3 is 3. The molecule has 0 fully saturated rings. The summed E-state index contributed by atoms with van der Waals surface area (Å²) < 4.78 is 20.9. The molecule has 1 N–H and O–H groups in total. The number of benzene rings is 2. The van der Waals surface area contributed by atoms with Crippen LogP contribution in [0.1, 0.15) is 41.5 Å². The minimum Gasteiger partial charge on any atom is -0.493 e. The van der Waals surface area contributed by atoms with E-state index in [4.69, 9.17) is 18.9 Å². The van der Waals surface area contributed by atoms with Gasteiger partial charge in [-0.05, 0) is 36.4 Å². The Bertz CT molecular complexity index is 959. The topological polar surface area (TPSA) is 100 Å². The van der Waals surface area contributed by atoms with Gasteiger partial charge in [0.25, 0.3) is 0 Å². The van der Waals surface area contributed by atoms with Crippen LogP contribution in [0.25, 0.3) is 0 Å². The summed E-state index contributed by atoms with van der Waals surface area (Å²) >= 11 is 0. The lowest BCUT2D eigenvalue weighted by atomic mass is 9.95. The molecular formula is C23H27NO7. The molecule has 1 amide bonds. The Morgan fingerprint density at radius 2 is 1.45 bits per heavy atom. The van der Waals surface area contributed by atoms with Crippen molar-refractivity contribution in [2.75, 3.05) is 33.3 Å². The minimum absolute atomic E-state index is 0.105. The van der Waals surface area contributed by atoms with Gasteiger partial charge in [0.15, 0.2) is 23.9 Å². The largest absolute Gasteiger partial charge is 0.493 e. The van der Waals surface area contributed by atoms with Crippen molar-refractivity contribution in [1.29, 1.82) is 0 Å². The molecule has 0 aliphatic rings. The summed E-state index contributed by atoms with van der Waals surface area (Å²) in [6.07, 6.45) is 0. The minimum atomic E-state index is -0.736. The van der Waals surface area contributed by atoms with Gasteiger partial charge in [-0.3, -0.25) is 9.59 Å². The third kappa shape index (κ3) is 5.75. The number of Topliss-reactive ketones (excluding diaryl/α,β-unsaturated/α-hetero) is 1. The number of amides is 1. The van der Waals surface area contributed by atoms with Crippen molar-refractivity contribution in [1.82, 2.24) is 0 Å². The van der Waals surface area contributed by atoms with Gasteiger partial charge < -0.3 is 24.3 Å². The lowest BCUT2D eigenvalue weighted by Gasteiger charge is -2.17. The summed E-state index contributed by atoms with van der Waals surface area (Å²) in [5.74, 6) is -0.464. The first-order chi connectivity index (χ1) is 14.6. The average Bonchev–Trinajstić information content (AvgIpc) is 2.75. The number of anilines is 1. The Labute approximate surface area is 181 Å². The first-order valence-electron chi connectivity index (χ1n) is 9.53. The second-order valence-corrected chi connectivity index (χ2v) is 7.66. The van der Waals surface area contributed by atoms with E-state index >= 15 is 0 Å². The molecule has 2 aromatic rings. The molecule has 0 spiro atoms. The average molecular weight is 429 g/mol. The molecule has 2 aromatic carbocycles. The zero-order valence-corrected chi connectivity index (χ0v) is 18.5. The lowest BCUT2D eigenvalue weighted by molar-refractivity contribution is -0.123. The smallest absolute Gasteiger partial charge is 0.342 e. The molecule has 0 aliphatic carbocycles. The highest BCUT2D eigenvalue weighted by molar-refractivity contribution is 6.01. The summed E-state index contributed by atoms with van der Waals surface area (Å²) in [7, 11) is 4.28. The lowest BCUT2D eigenvalue weighted by Crippen LogP contribution is -2.27. The van der Waals surface area contributed by atoms with Crippen molar-refractivity contribution >= 4 is 23.3 Å². The number of ketones is 1. The van der Waals surface area contributed by atoms with Crippen LogP contribution in [0.4, 0.5) is 5.69 Å². The molecule has 166 valence electrons. The molecular weight excluding hydrogens is 402 g/mol. The Hall–Kier alpha value is -3.55. The number of esters is 1. The van der Waals surface area contributed by atoms with E-state index in [1.54, 1.807) is 30.3 Å². The Kier molecular flexibility index (Phi) is 7.63. The van der Waals surface area contributed by atoms with Gasteiger partial charge in [-0.25, -0.2) is 4.79 Å². The molecule has 0 aliphatic heterocycles. The number of nitrogens with one attached hydrogen (secondary N) is 1. The molecule has 0 atom stereocenters. The Balaban J connectivity index is 2.06. The van der Waals surface area contributed by atoms with Crippen molar-refractivity contribution in [3.05, 3.63) is 47.5 Å². The van der Waals surface area contributed by atoms with Gasteiger partial charge in [-0.1, -0.05) is 20.8 Å². The van der Waals surface area contributed by atoms with Crippen LogP contribution in [0.15, 0.2) is 36.4 Å². The third-order valence-corrected chi connectivity index (χ3v) is 4.40. The fourth-order valence-corrected chi connectivity index (χ4v) is 2.61. The first-order valence-corrected chi connectivity index (χ1v) is 9.53. The molecule has 0 aromatic heterocycles. The quantitative estimate of drug-likeness (QED) is 0.504. The number of hydrogen-bond donors (Lipinski definition) is 1. The molecule has 0 saturated heterocycles. The number of hydrogen-bond acceptors (Lipinski definition) is 7. The van der Waals surface area contributed by atoms with Crippen molar-refractivity contribution in [3.8, 4) is 17.2 Å². The molecule has 31 heavy (non-hydrogen) atoms. The maximum atomic E-state index is 12.5. The molecule has 0 bridgehead atoms. The van der Waals surface area contributed by atoms with E-state index in [2.05, 4.69) is 5.32 Å². The Morgan fingerprint density at radius 1 is 0.839 bits per heavy atom. The highest BCUT2D eigenvalue weighted by atomic mass is 16.5. The molecule has 0 saturated carbocycles. The van der Waals surface area contributed by atoms with Crippen LogP contribution in [0.2, 0.25) is 0 Å². The predicted molar refractivity (Wildman–Crippen MR) is 115 cm³/mol. The molecule has 0 heterocycles. The first kappa shape index (κ1) is 23.7. The van der Waals surface area contributed by atoms with E-state index < -0.39 is 18.0 Å². The van der Waals surface area contributed by atoms with E-state index in [9.17, 15) is 14.4 Å². The van der Waals surface area contributed by atoms with E-state index in [-0.39, 0.29) is 28.8 Å². The molecule has 8 heteroatoms. The van der Waals surface area contributed by atoms with Gasteiger partial charge in [-0.2, -0.15) is 0 Å². The van der Waals surface area contributed by atoms with Crippen molar-refractivity contribution in [3.63, 3.8) is 0 Å². The predicted octanol–water partition coefficient (Wildman–Crippen LogP) is 3.74. The van der Waals surface area contributed by atoms with Gasteiger partial charge in [0.05, 0.1) is 21.3 Å². The molecule has 2 rings (SSSR count). The number of carbonyl (C=O) groups excluding carboxylic acids is 3. The van der Waals surface area contributed by atoms with Crippen molar-refractivity contribution in [2.24, 2.45) is 5.41 Å². The summed E-state index contributed by atoms with van der Waals surface area (Å²) in [6, 6.07) is 9.38. The summed E-state index contributed by atoms with van der Waals surface area (Å²) in [5, 5.41) is 2.78. The zero-order valence-electron chi connectivity index (χ0n) is 18.5. The standard InChI is InChI=1S/C23H27NO7/c1-23(2,3)22(27)24-15-9-7-14(8-10-15)17(25)13-31-21(26)16-11-12-18(28-4)20(30-6)19(16)29-5/h7-12H,13H2,1-6H3,(H,24,27). The number of ether oxygens (including phenoxy) is 4. The monoisotopic (exact) mass is 429 g/mol. The summed E-state index contributed by atoms with van der Waals surface area (Å²) in [6.45, 7) is 4.97. The van der Waals surface area contributed by atoms with Crippen LogP contribution < -0.4 is 19.5 Å². The molecule has 0 radical (unpaired) electrons. The van der Waals surface area contributed by atoms with Crippen molar-refractivity contribution in [2.45, 2.75) is 20.8 Å². The van der Waals surface area contributed by atoms with E-state index in [1.165, 1.54) is 27.4 Å². The highest BCUT2D eigenvalue weighted by Gasteiger charge is 2.23. The van der Waals surface area contributed by atoms with Crippen molar-refractivity contribution < 1.29 is 33.3 Å². The number of carbonyl (C=O) groups is 3. The third-order valence-electron chi connectivity index (χ3n) is 4.40. The van der Waals surface area contributed by atoms with Crippen LogP contribution in [-0.2, 0) is 9.53 Å². The Morgan fingerprint density at radius 3 is 1.97 bits per heavy atom. The second kappa shape index (κ2) is 9.97. The normalized spacial score (nSPS) is 10.8. The van der Waals surface area contributed by atoms with Crippen LogP contribution >= 0.6 is 0 Å². The summed E-state index contributed by atoms with van der Waals surface area (Å²) in [4.78, 5) is 37.0. The van der Waals surface area contributed by atoms with Gasteiger partial charge in [0.1, 0.15) is 5.56 Å². The summed E-state index contributed by atoms with van der Waals surface area (Å²) in [5.41, 5.74) is 0.492. The SMILES string of the molecule is COc1ccc(C(=O)OCC(=O)c2ccc(NC(=O)C(C)(C)C)cc2)c(OC)c1OC. The van der Waals surface area contributed by atoms with Crippen LogP contribution in [0.5, 0.6) is 17.2 Å². The van der Waals surface area contributed by atoms with Gasteiger partial charge in [-0.15, -0.1) is 0 Å². The molecule has 0 unspecified atom stereocenters. The second-order valence-electron chi connectivity index (χ2n) is 7.66. The maximum absolute atomic E-state index is 12.5. The van der Waals surface area contributed by atoms with Crippen LogP contribution in [0.3, 0.4) is 0 Å². The van der Waals surface area contributed by atoms with Crippen LogP contribution in [-0.4, -0.2) is 45.6 Å². The number of rotatable bonds is 8. The van der Waals surface area contributed by atoms with E-state index in [0.717, 1.165) is 0 Å². The van der Waals surface area contributed by atoms with Gasteiger partial charge in [0.2, 0.25) is 11.7 Å². The van der Waals surface area contributed by atoms with E-state index in [1.807, 2.05) is 20.8 Å². The molecule has 8 nitrogen and oxygen atoms in total. The van der Waals surface area contributed by atoms with E-state index in [0.29, 0.717) is 17.0 Å². The van der Waals surface area contributed by atoms with Gasteiger partial charge >= 0.3 is 5.97 Å². The highest BCUT2D eigenvalue weighted by Crippen LogP contribution is 2.39. The fraction of sp³-hybridized carbons (Fsp3) is 0.348. The fourth-order valence-electron chi connectivity index (χ4n) is 2.61. The van der Waals surface area contributed by atoms with Gasteiger partial charge in [0, 0.05) is 16.7 Å². The maximum Gasteiger partial charge on any atom is 0.342 e. The van der Waals surface area contributed by atoms with Crippen LogP contribution in [0, 0.1) is 5.41 Å². The zero-order chi connectivity index (χ0) is 23.2.